The fourth-order valence-electron chi connectivity index (χ4n) is 4.27. The van der Waals surface area contributed by atoms with Crippen LogP contribution in [-0.2, 0) is 14.4 Å². The standard InChI is InChI=1S/C20H32N2O4/c1-13(2)11-16-18(20(16,4)5)19(26)21-9-6-7-15(8-10-21)22(14(3)23)12-17(24)25/h11,15-16,18H,6-10,12H2,1-5H3,(H,24,25). The average molecular weight is 364 g/mol. The first-order valence-corrected chi connectivity index (χ1v) is 9.48. The summed E-state index contributed by atoms with van der Waals surface area (Å²) in [7, 11) is 0. The number of carboxylic acids is 1. The van der Waals surface area contributed by atoms with Gasteiger partial charge in [-0.15, -0.1) is 0 Å². The second-order valence-corrected chi connectivity index (χ2v) is 8.52. The highest BCUT2D eigenvalue weighted by Gasteiger charge is 2.61. The smallest absolute Gasteiger partial charge is 0.323 e. The van der Waals surface area contributed by atoms with Crippen LogP contribution in [0.1, 0.15) is 53.9 Å². The van der Waals surface area contributed by atoms with Crippen LogP contribution < -0.4 is 0 Å². The molecular formula is C20H32N2O4. The number of hydrogen-bond donors (Lipinski definition) is 1. The number of carboxylic acid groups (broad SMARTS) is 1. The van der Waals surface area contributed by atoms with Crippen LogP contribution >= 0.6 is 0 Å². The molecule has 26 heavy (non-hydrogen) atoms. The van der Waals surface area contributed by atoms with Gasteiger partial charge in [-0.05, 0) is 44.4 Å². The molecule has 146 valence electrons. The maximum Gasteiger partial charge on any atom is 0.323 e. The molecule has 0 radical (unpaired) electrons. The van der Waals surface area contributed by atoms with Crippen molar-refractivity contribution in [2.75, 3.05) is 19.6 Å². The van der Waals surface area contributed by atoms with Crippen LogP contribution in [0, 0.1) is 17.3 Å². The minimum atomic E-state index is -0.998. The highest BCUT2D eigenvalue weighted by molar-refractivity contribution is 5.84. The SMILES string of the molecule is CC(=O)N(CC(=O)O)C1CCCN(C(=O)C2C(C=C(C)C)C2(C)C)CC1. The van der Waals surface area contributed by atoms with E-state index >= 15 is 0 Å². The number of carbonyl (C=O) groups is 3. The van der Waals surface area contributed by atoms with Crippen LogP contribution in [-0.4, -0.2) is 58.4 Å². The number of rotatable bonds is 5. The molecule has 1 saturated heterocycles. The van der Waals surface area contributed by atoms with Crippen molar-refractivity contribution in [3.05, 3.63) is 11.6 Å². The Bertz CT molecular complexity index is 607. The number of aliphatic carboxylic acids is 1. The molecule has 2 rings (SSSR count). The average Bonchev–Trinajstić information content (AvgIpc) is 3.14. The van der Waals surface area contributed by atoms with Gasteiger partial charge in [-0.25, -0.2) is 0 Å². The Hall–Kier alpha value is -1.85. The predicted octanol–water partition coefficient (Wildman–Crippen LogP) is 2.54. The Morgan fingerprint density at radius 1 is 1.15 bits per heavy atom. The third-order valence-electron chi connectivity index (χ3n) is 5.85. The van der Waals surface area contributed by atoms with Gasteiger partial charge in [-0.3, -0.25) is 14.4 Å². The maximum absolute atomic E-state index is 13.0. The Balaban J connectivity index is 2.02. The largest absolute Gasteiger partial charge is 0.480 e. The second kappa shape index (κ2) is 7.80. The molecular weight excluding hydrogens is 332 g/mol. The van der Waals surface area contributed by atoms with Gasteiger partial charge in [0.1, 0.15) is 6.54 Å². The molecule has 0 bridgehead atoms. The van der Waals surface area contributed by atoms with E-state index in [1.165, 1.54) is 17.4 Å². The summed E-state index contributed by atoms with van der Waals surface area (Å²) in [5.41, 5.74) is 1.23. The molecule has 2 aliphatic rings. The molecule has 1 saturated carbocycles. The van der Waals surface area contributed by atoms with E-state index in [0.29, 0.717) is 25.4 Å². The molecule has 0 aromatic carbocycles. The number of nitrogens with zero attached hydrogens (tertiary/aromatic N) is 2. The van der Waals surface area contributed by atoms with Crippen molar-refractivity contribution in [2.24, 2.45) is 17.3 Å². The predicted molar refractivity (Wildman–Crippen MR) is 99.4 cm³/mol. The summed E-state index contributed by atoms with van der Waals surface area (Å²) in [4.78, 5) is 39.3. The number of allylic oxidation sites excluding steroid dienone is 2. The molecule has 1 heterocycles. The Kier molecular flexibility index (Phi) is 6.14. The summed E-state index contributed by atoms with van der Waals surface area (Å²) in [6, 6.07) is -0.109. The van der Waals surface area contributed by atoms with Crippen LogP contribution in [0.4, 0.5) is 0 Å². The highest BCUT2D eigenvalue weighted by atomic mass is 16.4. The first kappa shape index (κ1) is 20.5. The van der Waals surface area contributed by atoms with Crippen LogP contribution in [0.15, 0.2) is 11.6 Å². The lowest BCUT2D eigenvalue weighted by atomic mass is 10.1. The van der Waals surface area contributed by atoms with Crippen LogP contribution in [0.3, 0.4) is 0 Å². The van der Waals surface area contributed by atoms with Crippen LogP contribution in [0.5, 0.6) is 0 Å². The van der Waals surface area contributed by atoms with E-state index in [-0.39, 0.29) is 35.7 Å². The van der Waals surface area contributed by atoms with Gasteiger partial charge < -0.3 is 14.9 Å². The zero-order valence-electron chi connectivity index (χ0n) is 16.6. The molecule has 0 spiro atoms. The Morgan fingerprint density at radius 2 is 1.81 bits per heavy atom. The van der Waals surface area contributed by atoms with Crippen molar-refractivity contribution in [3.63, 3.8) is 0 Å². The Morgan fingerprint density at radius 3 is 2.35 bits per heavy atom. The number of carbonyl (C=O) groups excluding carboxylic acids is 2. The maximum atomic E-state index is 13.0. The number of likely N-dealkylation sites (tertiary alicyclic amines) is 1. The van der Waals surface area contributed by atoms with E-state index in [4.69, 9.17) is 5.11 Å². The molecule has 3 unspecified atom stereocenters. The molecule has 1 aliphatic heterocycles. The highest BCUT2D eigenvalue weighted by Crippen LogP contribution is 2.60. The number of amides is 2. The molecule has 0 aromatic rings. The van der Waals surface area contributed by atoms with Gasteiger partial charge in [-0.2, -0.15) is 0 Å². The van der Waals surface area contributed by atoms with E-state index in [9.17, 15) is 14.4 Å². The first-order chi connectivity index (χ1) is 12.1. The van der Waals surface area contributed by atoms with Crippen LogP contribution in [0.2, 0.25) is 0 Å². The lowest BCUT2D eigenvalue weighted by Crippen LogP contribution is -2.43. The van der Waals surface area contributed by atoms with E-state index in [2.05, 4.69) is 33.8 Å². The first-order valence-electron chi connectivity index (χ1n) is 9.48. The number of hydrogen-bond acceptors (Lipinski definition) is 3. The van der Waals surface area contributed by atoms with Crippen molar-refractivity contribution in [3.8, 4) is 0 Å². The summed E-state index contributed by atoms with van der Waals surface area (Å²) < 4.78 is 0. The van der Waals surface area contributed by atoms with E-state index in [1.54, 1.807) is 0 Å². The molecule has 3 atom stereocenters. The lowest BCUT2D eigenvalue weighted by molar-refractivity contribution is -0.145. The summed E-state index contributed by atoms with van der Waals surface area (Å²) >= 11 is 0. The van der Waals surface area contributed by atoms with Crippen molar-refractivity contribution >= 4 is 17.8 Å². The third kappa shape index (κ3) is 4.46. The zero-order valence-corrected chi connectivity index (χ0v) is 16.6. The fourth-order valence-corrected chi connectivity index (χ4v) is 4.27. The van der Waals surface area contributed by atoms with Gasteiger partial charge >= 0.3 is 5.97 Å². The molecule has 2 amide bonds. The summed E-state index contributed by atoms with van der Waals surface area (Å²) in [6.07, 6.45) is 4.37. The molecule has 1 N–H and O–H groups in total. The van der Waals surface area contributed by atoms with E-state index in [1.807, 2.05) is 4.90 Å². The zero-order chi connectivity index (χ0) is 19.6. The minimum absolute atomic E-state index is 0.00517. The van der Waals surface area contributed by atoms with Crippen molar-refractivity contribution in [2.45, 2.75) is 59.9 Å². The van der Waals surface area contributed by atoms with E-state index in [0.717, 1.165) is 12.8 Å². The minimum Gasteiger partial charge on any atom is -0.480 e. The molecule has 6 heteroatoms. The van der Waals surface area contributed by atoms with Gasteiger partial charge in [-0.1, -0.05) is 25.5 Å². The van der Waals surface area contributed by atoms with Gasteiger partial charge in [0.25, 0.3) is 0 Å². The molecule has 2 fully saturated rings. The van der Waals surface area contributed by atoms with Crippen molar-refractivity contribution < 1.29 is 19.5 Å². The lowest BCUT2D eigenvalue weighted by Gasteiger charge is -2.29. The summed E-state index contributed by atoms with van der Waals surface area (Å²) in [5.74, 6) is -0.701. The van der Waals surface area contributed by atoms with Crippen LogP contribution in [0.25, 0.3) is 0 Å². The van der Waals surface area contributed by atoms with Gasteiger partial charge in [0.15, 0.2) is 0 Å². The summed E-state index contributed by atoms with van der Waals surface area (Å²) in [6.45, 7) is 10.8. The van der Waals surface area contributed by atoms with Crippen molar-refractivity contribution in [1.29, 1.82) is 0 Å². The Labute approximate surface area is 156 Å². The second-order valence-electron chi connectivity index (χ2n) is 8.52. The quantitative estimate of drug-likeness (QED) is 0.761. The fraction of sp³-hybridized carbons (Fsp3) is 0.750. The third-order valence-corrected chi connectivity index (χ3v) is 5.85. The molecule has 0 aromatic heterocycles. The summed E-state index contributed by atoms with van der Waals surface area (Å²) in [5, 5.41) is 9.05. The molecule has 6 nitrogen and oxygen atoms in total. The van der Waals surface area contributed by atoms with E-state index < -0.39 is 5.97 Å². The monoisotopic (exact) mass is 364 g/mol. The normalized spacial score (nSPS) is 27.3. The van der Waals surface area contributed by atoms with Gasteiger partial charge in [0.2, 0.25) is 11.8 Å². The topological polar surface area (TPSA) is 77.9 Å². The van der Waals surface area contributed by atoms with Gasteiger partial charge in [0.05, 0.1) is 5.92 Å². The van der Waals surface area contributed by atoms with Crippen molar-refractivity contribution in [1.82, 2.24) is 9.80 Å². The van der Waals surface area contributed by atoms with Gasteiger partial charge in [0, 0.05) is 26.1 Å². The molecule has 1 aliphatic carbocycles.